The summed E-state index contributed by atoms with van der Waals surface area (Å²) in [6.07, 6.45) is 2.74. The number of anilines is 1. The van der Waals surface area contributed by atoms with Crippen molar-refractivity contribution < 1.29 is 13.6 Å². The molecule has 7 nitrogen and oxygen atoms in total. The molecule has 0 aliphatic carbocycles. The average Bonchev–Trinajstić information content (AvgIpc) is 2.92. The molecule has 0 spiro atoms. The summed E-state index contributed by atoms with van der Waals surface area (Å²) in [5.74, 6) is -2.47. The number of nitrogens with one attached hydrogen (secondary N) is 1. The lowest BCUT2D eigenvalue weighted by molar-refractivity contribution is -0.116. The Morgan fingerprint density at radius 1 is 1.29 bits per heavy atom. The van der Waals surface area contributed by atoms with Crippen LogP contribution in [0.3, 0.4) is 0 Å². The Kier molecular flexibility index (Phi) is 4.07. The van der Waals surface area contributed by atoms with Gasteiger partial charge in [-0.05, 0) is 12.1 Å². The molecule has 2 aromatic heterocycles. The Morgan fingerprint density at radius 2 is 2.08 bits per heavy atom. The first kappa shape index (κ1) is 15.8. The van der Waals surface area contributed by atoms with E-state index in [0.29, 0.717) is 11.0 Å². The minimum absolute atomic E-state index is 0.0215. The number of carbonyl (C=O) groups is 1. The Balaban J connectivity index is 1.69. The minimum Gasteiger partial charge on any atom is -0.326 e. The minimum atomic E-state index is -1.05. The van der Waals surface area contributed by atoms with Gasteiger partial charge in [-0.3, -0.25) is 18.8 Å². The number of fused-ring (bicyclic) bond motifs is 1. The summed E-state index contributed by atoms with van der Waals surface area (Å²) >= 11 is 0. The fourth-order valence-corrected chi connectivity index (χ4v) is 2.25. The van der Waals surface area contributed by atoms with Crippen molar-refractivity contribution >= 4 is 22.6 Å². The van der Waals surface area contributed by atoms with Crippen molar-refractivity contribution in [2.45, 2.75) is 13.0 Å². The Bertz CT molecular complexity index is 980. The maximum atomic E-state index is 13.1. The van der Waals surface area contributed by atoms with E-state index in [1.54, 1.807) is 7.05 Å². The highest BCUT2D eigenvalue weighted by atomic mass is 19.2. The molecule has 0 bridgehead atoms. The van der Waals surface area contributed by atoms with E-state index >= 15 is 0 Å². The first-order valence-electron chi connectivity index (χ1n) is 7.08. The number of carbonyl (C=O) groups excluding carboxylic acids is 1. The van der Waals surface area contributed by atoms with E-state index in [0.717, 1.165) is 12.1 Å². The van der Waals surface area contributed by atoms with Gasteiger partial charge in [-0.2, -0.15) is 5.10 Å². The Labute approximate surface area is 134 Å². The van der Waals surface area contributed by atoms with E-state index in [9.17, 15) is 18.4 Å². The summed E-state index contributed by atoms with van der Waals surface area (Å²) in [4.78, 5) is 28.2. The molecule has 0 aliphatic heterocycles. The van der Waals surface area contributed by atoms with Crippen molar-refractivity contribution in [1.82, 2.24) is 19.3 Å². The van der Waals surface area contributed by atoms with Crippen LogP contribution in [0.15, 0.2) is 35.5 Å². The van der Waals surface area contributed by atoms with Crippen LogP contribution in [-0.2, 0) is 18.4 Å². The van der Waals surface area contributed by atoms with E-state index < -0.39 is 17.5 Å². The largest absolute Gasteiger partial charge is 0.326 e. The van der Waals surface area contributed by atoms with Crippen molar-refractivity contribution in [2.75, 3.05) is 5.32 Å². The van der Waals surface area contributed by atoms with E-state index in [-0.39, 0.29) is 24.2 Å². The maximum Gasteiger partial charge on any atom is 0.264 e. The van der Waals surface area contributed by atoms with Crippen LogP contribution < -0.4 is 10.9 Å². The molecule has 0 fully saturated rings. The van der Waals surface area contributed by atoms with Crippen LogP contribution in [0.2, 0.25) is 0 Å². The average molecular weight is 333 g/mol. The number of nitrogens with zero attached hydrogens (tertiary/aromatic N) is 4. The van der Waals surface area contributed by atoms with Crippen molar-refractivity contribution in [1.29, 1.82) is 0 Å². The van der Waals surface area contributed by atoms with Gasteiger partial charge in [-0.1, -0.05) is 0 Å². The third-order valence-electron chi connectivity index (χ3n) is 3.50. The van der Waals surface area contributed by atoms with Crippen molar-refractivity contribution in [3.63, 3.8) is 0 Å². The predicted octanol–water partition coefficient (Wildman–Crippen LogP) is 1.44. The number of hydrogen-bond acceptors (Lipinski definition) is 4. The monoisotopic (exact) mass is 333 g/mol. The normalized spacial score (nSPS) is 11.0. The molecule has 1 N–H and O–H groups in total. The highest BCUT2D eigenvalue weighted by Crippen LogP contribution is 2.13. The third-order valence-corrected chi connectivity index (χ3v) is 3.50. The quantitative estimate of drug-likeness (QED) is 0.783. The molecule has 124 valence electrons. The van der Waals surface area contributed by atoms with Crippen molar-refractivity contribution in [3.05, 3.63) is 52.7 Å². The van der Waals surface area contributed by atoms with Crippen molar-refractivity contribution in [3.8, 4) is 0 Å². The molecule has 1 aromatic carbocycles. The molecule has 0 atom stereocenters. The number of benzene rings is 1. The van der Waals surface area contributed by atoms with Gasteiger partial charge in [-0.15, -0.1) is 0 Å². The maximum absolute atomic E-state index is 13.1. The van der Waals surface area contributed by atoms with Crippen molar-refractivity contribution in [2.24, 2.45) is 7.05 Å². The lowest BCUT2D eigenvalue weighted by Crippen LogP contribution is -2.23. The van der Waals surface area contributed by atoms with Crippen LogP contribution in [0.5, 0.6) is 0 Å². The molecular weight excluding hydrogens is 320 g/mol. The highest BCUT2D eigenvalue weighted by Gasteiger charge is 2.10. The Hall–Kier alpha value is -3.10. The topological polar surface area (TPSA) is 81.8 Å². The first-order chi connectivity index (χ1) is 11.5. The summed E-state index contributed by atoms with van der Waals surface area (Å²) in [5, 5.41) is 6.76. The summed E-state index contributed by atoms with van der Waals surface area (Å²) in [6.45, 7) is 0.103. The second kappa shape index (κ2) is 6.19. The lowest BCUT2D eigenvalue weighted by Gasteiger charge is -2.07. The van der Waals surface area contributed by atoms with Gasteiger partial charge >= 0.3 is 0 Å². The second-order valence-corrected chi connectivity index (χ2v) is 5.18. The zero-order chi connectivity index (χ0) is 17.3. The van der Waals surface area contributed by atoms with Gasteiger partial charge in [0.15, 0.2) is 17.3 Å². The van der Waals surface area contributed by atoms with Gasteiger partial charge in [0.1, 0.15) is 5.39 Å². The standard InChI is InChI=1S/C15H13F2N5O2/c1-21-14-10(7-19-21)15(24)22(8-18-14)5-4-13(23)20-9-2-3-11(16)12(17)6-9/h2-3,6-8H,4-5H2,1H3,(H,20,23). The molecule has 0 unspecified atom stereocenters. The van der Waals surface area contributed by atoms with E-state index in [4.69, 9.17) is 0 Å². The van der Waals surface area contributed by atoms with Crippen LogP contribution in [0.4, 0.5) is 14.5 Å². The summed E-state index contributed by atoms with van der Waals surface area (Å²) in [7, 11) is 1.67. The molecular formula is C15H13F2N5O2. The first-order valence-corrected chi connectivity index (χ1v) is 7.08. The van der Waals surface area contributed by atoms with Gasteiger partial charge in [0.25, 0.3) is 5.56 Å². The van der Waals surface area contributed by atoms with Gasteiger partial charge in [0.2, 0.25) is 5.91 Å². The highest BCUT2D eigenvalue weighted by molar-refractivity contribution is 5.90. The molecule has 3 aromatic rings. The molecule has 24 heavy (non-hydrogen) atoms. The number of aromatic nitrogens is 4. The zero-order valence-electron chi connectivity index (χ0n) is 12.7. The molecule has 9 heteroatoms. The number of rotatable bonds is 4. The van der Waals surface area contributed by atoms with Crippen LogP contribution >= 0.6 is 0 Å². The lowest BCUT2D eigenvalue weighted by atomic mass is 10.3. The third kappa shape index (κ3) is 3.00. The van der Waals surface area contributed by atoms with Gasteiger partial charge in [0, 0.05) is 31.8 Å². The van der Waals surface area contributed by atoms with Crippen LogP contribution in [0.1, 0.15) is 6.42 Å². The number of halogens is 2. The van der Waals surface area contributed by atoms with E-state index in [1.807, 2.05) is 0 Å². The number of hydrogen-bond donors (Lipinski definition) is 1. The summed E-state index contributed by atoms with van der Waals surface area (Å²) < 4.78 is 28.7. The Morgan fingerprint density at radius 3 is 2.83 bits per heavy atom. The molecule has 1 amide bonds. The van der Waals surface area contributed by atoms with Crippen LogP contribution in [0, 0.1) is 11.6 Å². The molecule has 0 aliphatic rings. The molecule has 3 rings (SSSR count). The van der Waals surface area contributed by atoms with E-state index in [2.05, 4.69) is 15.4 Å². The van der Waals surface area contributed by atoms with Crippen LogP contribution in [-0.4, -0.2) is 25.2 Å². The van der Waals surface area contributed by atoms with Gasteiger partial charge < -0.3 is 5.32 Å². The zero-order valence-corrected chi connectivity index (χ0v) is 12.7. The van der Waals surface area contributed by atoms with Gasteiger partial charge in [0.05, 0.1) is 12.5 Å². The molecule has 2 heterocycles. The predicted molar refractivity (Wildman–Crippen MR) is 82.4 cm³/mol. The second-order valence-electron chi connectivity index (χ2n) is 5.18. The molecule has 0 radical (unpaired) electrons. The number of amides is 1. The molecule has 0 saturated carbocycles. The summed E-state index contributed by atoms with van der Waals surface area (Å²) in [6, 6.07) is 3.07. The van der Waals surface area contributed by atoms with Gasteiger partial charge in [-0.25, -0.2) is 13.8 Å². The smallest absolute Gasteiger partial charge is 0.264 e. The summed E-state index contributed by atoms with van der Waals surface area (Å²) in [5.41, 5.74) is 0.309. The SMILES string of the molecule is Cn1ncc2c(=O)n(CCC(=O)Nc3ccc(F)c(F)c3)cnc21. The van der Waals surface area contributed by atoms with E-state index in [1.165, 1.54) is 27.8 Å². The fraction of sp³-hybridized carbons (Fsp3) is 0.200. The molecule has 0 saturated heterocycles. The van der Waals surface area contributed by atoms with Crippen LogP contribution in [0.25, 0.3) is 11.0 Å². The fourth-order valence-electron chi connectivity index (χ4n) is 2.25. The number of aryl methyl sites for hydroxylation is 2.